The van der Waals surface area contributed by atoms with Gasteiger partial charge in [-0.05, 0) is 55.3 Å². The second-order valence-electron chi connectivity index (χ2n) is 10.7. The van der Waals surface area contributed by atoms with Crippen molar-refractivity contribution in [2.24, 2.45) is 0 Å². The number of unbranched alkanes of at least 4 members (excludes halogenated alkanes) is 1. The van der Waals surface area contributed by atoms with Crippen molar-refractivity contribution in [3.05, 3.63) is 95.5 Å². The van der Waals surface area contributed by atoms with E-state index in [4.69, 9.17) is 9.15 Å². The second kappa shape index (κ2) is 13.4. The van der Waals surface area contributed by atoms with Crippen molar-refractivity contribution in [1.29, 1.82) is 0 Å². The SMILES string of the molecule is O=C(COC(c1cccnc1)c1cc2ccccc2o1)NCCCCSc1cccc2c1C(=O)N(C1CCC(=O)NC1=O)C2=O. The minimum absolute atomic E-state index is 0.0699. The Bertz CT molecular complexity index is 1740. The van der Waals surface area contributed by atoms with Gasteiger partial charge in [0.2, 0.25) is 17.7 Å². The molecule has 2 N–H and O–H groups in total. The lowest BCUT2D eigenvalue weighted by Gasteiger charge is -2.27. The molecule has 0 spiro atoms. The van der Waals surface area contributed by atoms with Crippen LogP contribution < -0.4 is 10.6 Å². The van der Waals surface area contributed by atoms with Gasteiger partial charge in [-0.25, -0.2) is 0 Å². The van der Waals surface area contributed by atoms with Gasteiger partial charge in [-0.3, -0.25) is 39.2 Å². The lowest BCUT2D eigenvalue weighted by atomic mass is 10.0. The molecule has 2 aromatic heterocycles. The topological polar surface area (TPSA) is 148 Å². The molecule has 230 valence electrons. The molecule has 2 unspecified atom stereocenters. The van der Waals surface area contributed by atoms with Gasteiger partial charge in [-0.2, -0.15) is 0 Å². The van der Waals surface area contributed by atoms with Gasteiger partial charge >= 0.3 is 0 Å². The first-order valence-electron chi connectivity index (χ1n) is 14.6. The van der Waals surface area contributed by atoms with Crippen LogP contribution in [0, 0.1) is 0 Å². The number of rotatable bonds is 12. The maximum absolute atomic E-state index is 13.3. The molecule has 0 bridgehead atoms. The predicted octanol–water partition coefficient (Wildman–Crippen LogP) is 4.02. The van der Waals surface area contributed by atoms with E-state index in [0.717, 1.165) is 27.9 Å². The number of pyridine rings is 1. The molecule has 2 aliphatic rings. The molecule has 0 saturated carbocycles. The number of para-hydroxylation sites is 1. The molecule has 45 heavy (non-hydrogen) atoms. The number of imide groups is 2. The highest BCUT2D eigenvalue weighted by Gasteiger charge is 2.45. The molecule has 1 fully saturated rings. The number of fused-ring (bicyclic) bond motifs is 2. The molecule has 2 aromatic carbocycles. The molecule has 2 aliphatic heterocycles. The molecule has 4 aromatic rings. The summed E-state index contributed by atoms with van der Waals surface area (Å²) in [5.74, 6) is -1.12. The molecule has 11 nitrogen and oxygen atoms in total. The van der Waals surface area contributed by atoms with Gasteiger partial charge in [0.05, 0.1) is 11.1 Å². The highest BCUT2D eigenvalue weighted by atomic mass is 32.2. The summed E-state index contributed by atoms with van der Waals surface area (Å²) in [7, 11) is 0. The molecule has 4 heterocycles. The van der Waals surface area contributed by atoms with Gasteiger partial charge in [-0.1, -0.05) is 30.3 Å². The molecule has 6 rings (SSSR count). The molecule has 5 amide bonds. The van der Waals surface area contributed by atoms with Crippen LogP contribution in [-0.2, 0) is 19.1 Å². The van der Waals surface area contributed by atoms with Crippen molar-refractivity contribution in [1.82, 2.24) is 20.5 Å². The lowest BCUT2D eigenvalue weighted by Crippen LogP contribution is -2.54. The van der Waals surface area contributed by atoms with Crippen LogP contribution in [0.2, 0.25) is 0 Å². The highest BCUT2D eigenvalue weighted by molar-refractivity contribution is 7.99. The predicted molar refractivity (Wildman–Crippen MR) is 164 cm³/mol. The van der Waals surface area contributed by atoms with Gasteiger partial charge < -0.3 is 14.5 Å². The van der Waals surface area contributed by atoms with Gasteiger partial charge in [0.1, 0.15) is 30.1 Å². The lowest BCUT2D eigenvalue weighted by molar-refractivity contribution is -0.136. The van der Waals surface area contributed by atoms with E-state index in [0.29, 0.717) is 29.4 Å². The van der Waals surface area contributed by atoms with Crippen molar-refractivity contribution in [3.8, 4) is 0 Å². The molecule has 2 atom stereocenters. The Hall–Kier alpha value is -4.81. The molecule has 1 saturated heterocycles. The number of carbonyl (C=O) groups is 5. The monoisotopic (exact) mass is 626 g/mol. The van der Waals surface area contributed by atoms with Crippen molar-refractivity contribution in [2.75, 3.05) is 18.9 Å². The highest BCUT2D eigenvalue weighted by Crippen LogP contribution is 2.35. The van der Waals surface area contributed by atoms with E-state index in [9.17, 15) is 24.0 Å². The van der Waals surface area contributed by atoms with Crippen LogP contribution in [0.1, 0.15) is 63.8 Å². The van der Waals surface area contributed by atoms with Crippen LogP contribution in [0.5, 0.6) is 0 Å². The summed E-state index contributed by atoms with van der Waals surface area (Å²) in [4.78, 5) is 68.6. The zero-order valence-corrected chi connectivity index (χ0v) is 25.0. The average Bonchev–Trinajstić information content (AvgIpc) is 3.58. The average molecular weight is 627 g/mol. The van der Waals surface area contributed by atoms with E-state index in [1.807, 2.05) is 36.4 Å². The number of ether oxygens (including phenoxy) is 1. The zero-order chi connectivity index (χ0) is 31.3. The second-order valence-corrected chi connectivity index (χ2v) is 11.8. The maximum atomic E-state index is 13.3. The number of hydrogen-bond acceptors (Lipinski definition) is 9. The van der Waals surface area contributed by atoms with E-state index in [-0.39, 0.29) is 36.5 Å². The Kier molecular flexibility index (Phi) is 9.03. The third kappa shape index (κ3) is 6.52. The fourth-order valence-electron chi connectivity index (χ4n) is 5.46. The summed E-state index contributed by atoms with van der Waals surface area (Å²) in [5, 5.41) is 6.03. The molecule has 12 heteroatoms. The normalized spacial score (nSPS) is 17.0. The Labute approximate surface area is 262 Å². The molecular weight excluding hydrogens is 596 g/mol. The number of nitrogens with one attached hydrogen (secondary N) is 2. The summed E-state index contributed by atoms with van der Waals surface area (Å²) in [6, 6.07) is 17.3. The van der Waals surface area contributed by atoms with Crippen LogP contribution in [0.25, 0.3) is 11.0 Å². The molecule has 0 aliphatic carbocycles. The van der Waals surface area contributed by atoms with Gasteiger partial charge in [0.25, 0.3) is 11.8 Å². The van der Waals surface area contributed by atoms with E-state index < -0.39 is 35.8 Å². The third-order valence-electron chi connectivity index (χ3n) is 7.65. The number of hydrogen-bond donors (Lipinski definition) is 2. The van der Waals surface area contributed by atoms with E-state index in [2.05, 4.69) is 15.6 Å². The smallest absolute Gasteiger partial charge is 0.263 e. The van der Waals surface area contributed by atoms with Crippen LogP contribution in [-0.4, -0.2) is 64.4 Å². The Morgan fingerprint density at radius 3 is 2.73 bits per heavy atom. The minimum atomic E-state index is -1.00. The summed E-state index contributed by atoms with van der Waals surface area (Å²) in [6.45, 7) is 0.278. The fourth-order valence-corrected chi connectivity index (χ4v) is 6.54. The fraction of sp³-hybridized carbons (Fsp3) is 0.273. The summed E-state index contributed by atoms with van der Waals surface area (Å²) in [5.41, 5.74) is 2.05. The van der Waals surface area contributed by atoms with Gasteiger partial charge in [0, 0.05) is 41.2 Å². The Morgan fingerprint density at radius 2 is 1.93 bits per heavy atom. The number of carbonyl (C=O) groups excluding carboxylic acids is 5. The number of thioether (sulfide) groups is 1. The van der Waals surface area contributed by atoms with Crippen LogP contribution in [0.15, 0.2) is 82.4 Å². The number of benzene rings is 2. The summed E-state index contributed by atoms with van der Waals surface area (Å²) in [6.07, 6.45) is 4.37. The number of furan rings is 1. The number of amides is 5. The van der Waals surface area contributed by atoms with Crippen LogP contribution >= 0.6 is 11.8 Å². The van der Waals surface area contributed by atoms with Gasteiger partial charge in [0.15, 0.2) is 0 Å². The number of piperidine rings is 1. The first kappa shape index (κ1) is 30.2. The van der Waals surface area contributed by atoms with Crippen LogP contribution in [0.3, 0.4) is 0 Å². The molecule has 0 radical (unpaired) electrons. The maximum Gasteiger partial charge on any atom is 0.263 e. The summed E-state index contributed by atoms with van der Waals surface area (Å²) < 4.78 is 12.0. The summed E-state index contributed by atoms with van der Waals surface area (Å²) >= 11 is 1.44. The largest absolute Gasteiger partial charge is 0.458 e. The van der Waals surface area contributed by atoms with E-state index >= 15 is 0 Å². The van der Waals surface area contributed by atoms with E-state index in [1.54, 1.807) is 36.7 Å². The first-order valence-corrected chi connectivity index (χ1v) is 15.6. The Morgan fingerprint density at radius 1 is 1.07 bits per heavy atom. The third-order valence-corrected chi connectivity index (χ3v) is 8.80. The zero-order valence-electron chi connectivity index (χ0n) is 24.2. The Balaban J connectivity index is 0.980. The molecular formula is C33H30N4O7S. The minimum Gasteiger partial charge on any atom is -0.458 e. The van der Waals surface area contributed by atoms with Crippen molar-refractivity contribution in [3.63, 3.8) is 0 Å². The number of aromatic nitrogens is 1. The van der Waals surface area contributed by atoms with Crippen molar-refractivity contribution >= 4 is 52.3 Å². The van der Waals surface area contributed by atoms with E-state index in [1.165, 1.54) is 11.8 Å². The first-order chi connectivity index (χ1) is 21.9. The van der Waals surface area contributed by atoms with Crippen LogP contribution in [0.4, 0.5) is 0 Å². The van der Waals surface area contributed by atoms with Crippen molar-refractivity contribution < 1.29 is 33.1 Å². The van der Waals surface area contributed by atoms with Crippen molar-refractivity contribution in [2.45, 2.75) is 42.7 Å². The quantitative estimate of drug-likeness (QED) is 0.135. The number of nitrogens with zero attached hydrogens (tertiary/aromatic N) is 2. The standard InChI is InChI=1S/C33H30N4O7S/c38-27-13-12-23(31(40)36-27)37-32(41)22-9-5-11-26(29(22)33(37)42)45-16-4-3-15-35-28(39)19-43-30(21-8-6-14-34-18-21)25-17-20-7-1-2-10-24(20)44-25/h1-2,5-11,14,17-18,23,30H,3-4,12-13,15-16,19H2,(H,35,39)(H,36,38,40). The van der Waals surface area contributed by atoms with Gasteiger partial charge in [-0.15, -0.1) is 11.8 Å².